The molecule has 0 heterocycles. The van der Waals surface area contributed by atoms with E-state index in [1.807, 2.05) is 18.2 Å². The van der Waals surface area contributed by atoms with Crippen LogP contribution in [0, 0.1) is 5.92 Å². The summed E-state index contributed by atoms with van der Waals surface area (Å²) in [5.74, 6) is 0.686. The van der Waals surface area contributed by atoms with E-state index < -0.39 is 0 Å². The van der Waals surface area contributed by atoms with Gasteiger partial charge >= 0.3 is 0 Å². The van der Waals surface area contributed by atoms with Crippen molar-refractivity contribution in [3.63, 3.8) is 0 Å². The minimum Gasteiger partial charge on any atom is -0.289 e. The second-order valence-electron chi connectivity index (χ2n) is 4.78. The molecule has 1 aliphatic rings. The molecule has 84 valence electrons. The molecule has 0 saturated carbocycles. The average Bonchev–Trinajstić information content (AvgIpc) is 2.40. The van der Waals surface area contributed by atoms with Gasteiger partial charge in [-0.15, -0.1) is 0 Å². The second-order valence-corrected chi connectivity index (χ2v) is 4.78. The third-order valence-electron chi connectivity index (χ3n) is 2.98. The maximum Gasteiger partial charge on any atom is 0.188 e. The summed E-state index contributed by atoms with van der Waals surface area (Å²) in [6, 6.07) is 8.00. The summed E-state index contributed by atoms with van der Waals surface area (Å²) in [6.45, 7) is 4.24. The molecule has 1 heteroatoms. The molecule has 0 bridgehead atoms. The largest absolute Gasteiger partial charge is 0.289 e. The van der Waals surface area contributed by atoms with Gasteiger partial charge in [-0.1, -0.05) is 44.2 Å². The maximum absolute atomic E-state index is 12.3. The number of allylic oxidation sites excluding steroid dienone is 2. The summed E-state index contributed by atoms with van der Waals surface area (Å²) in [7, 11) is 0. The average molecular weight is 214 g/mol. The van der Waals surface area contributed by atoms with Crippen LogP contribution in [0.3, 0.4) is 0 Å². The normalized spacial score (nSPS) is 18.7. The zero-order valence-electron chi connectivity index (χ0n) is 9.99. The van der Waals surface area contributed by atoms with Gasteiger partial charge in [-0.2, -0.15) is 0 Å². The minimum atomic E-state index is 0.238. The molecule has 2 rings (SSSR count). The molecule has 1 aliphatic carbocycles. The van der Waals surface area contributed by atoms with E-state index in [2.05, 4.69) is 26.0 Å². The van der Waals surface area contributed by atoms with Crippen molar-refractivity contribution in [1.82, 2.24) is 0 Å². The van der Waals surface area contributed by atoms with E-state index in [0.717, 1.165) is 30.4 Å². The van der Waals surface area contributed by atoms with Crippen molar-refractivity contribution in [3.8, 4) is 0 Å². The topological polar surface area (TPSA) is 17.1 Å². The van der Waals surface area contributed by atoms with Crippen LogP contribution in [0.15, 0.2) is 35.9 Å². The highest BCUT2D eigenvalue weighted by atomic mass is 16.1. The fourth-order valence-corrected chi connectivity index (χ4v) is 2.28. The third kappa shape index (κ3) is 2.24. The van der Waals surface area contributed by atoms with Gasteiger partial charge in [0.15, 0.2) is 5.78 Å². The molecule has 0 N–H and O–H groups in total. The van der Waals surface area contributed by atoms with Crippen LogP contribution >= 0.6 is 0 Å². The number of rotatable bonds is 1. The van der Waals surface area contributed by atoms with Crippen LogP contribution in [0.25, 0.3) is 0 Å². The molecule has 1 aromatic rings. The summed E-state index contributed by atoms with van der Waals surface area (Å²) < 4.78 is 0. The van der Waals surface area contributed by atoms with Gasteiger partial charge in [0.1, 0.15) is 0 Å². The van der Waals surface area contributed by atoms with Gasteiger partial charge in [0.05, 0.1) is 0 Å². The van der Waals surface area contributed by atoms with Gasteiger partial charge in [-0.05, 0) is 36.3 Å². The van der Waals surface area contributed by atoms with Crippen molar-refractivity contribution < 1.29 is 4.79 Å². The van der Waals surface area contributed by atoms with E-state index in [1.54, 1.807) is 0 Å². The van der Waals surface area contributed by atoms with Gasteiger partial charge in [-0.3, -0.25) is 4.79 Å². The molecular formula is C15H18O. The van der Waals surface area contributed by atoms with E-state index in [9.17, 15) is 4.79 Å². The highest BCUT2D eigenvalue weighted by molar-refractivity contribution is 6.09. The number of ketones is 1. The highest BCUT2D eigenvalue weighted by Gasteiger charge is 2.19. The summed E-state index contributed by atoms with van der Waals surface area (Å²) in [5.41, 5.74) is 3.12. The maximum atomic E-state index is 12.3. The SMILES string of the molecule is CC(C)/C=C1\CCCc2ccccc2C1=O. The zero-order valence-corrected chi connectivity index (χ0v) is 9.99. The Bertz CT molecular complexity index is 427. The Balaban J connectivity index is 2.41. The van der Waals surface area contributed by atoms with E-state index >= 15 is 0 Å². The number of benzene rings is 1. The van der Waals surface area contributed by atoms with Crippen molar-refractivity contribution >= 4 is 5.78 Å². The van der Waals surface area contributed by atoms with Crippen LogP contribution < -0.4 is 0 Å². The fourth-order valence-electron chi connectivity index (χ4n) is 2.28. The lowest BCUT2D eigenvalue weighted by molar-refractivity contribution is 0.103. The van der Waals surface area contributed by atoms with Crippen LogP contribution in [-0.2, 0) is 6.42 Å². The second kappa shape index (κ2) is 4.65. The Morgan fingerprint density at radius 2 is 1.94 bits per heavy atom. The van der Waals surface area contributed by atoms with Crippen molar-refractivity contribution in [2.75, 3.05) is 0 Å². The Labute approximate surface area is 97.2 Å². The zero-order chi connectivity index (χ0) is 11.5. The van der Waals surface area contributed by atoms with Gasteiger partial charge in [0.25, 0.3) is 0 Å². The molecule has 1 aromatic carbocycles. The number of Topliss-reactive ketones (excluding diaryl/α,β-unsaturated/α-hetero) is 1. The molecule has 0 aliphatic heterocycles. The van der Waals surface area contributed by atoms with Gasteiger partial charge in [0.2, 0.25) is 0 Å². The van der Waals surface area contributed by atoms with Gasteiger partial charge in [0, 0.05) is 5.56 Å². The Kier molecular flexibility index (Phi) is 3.23. The van der Waals surface area contributed by atoms with E-state index in [4.69, 9.17) is 0 Å². The van der Waals surface area contributed by atoms with E-state index in [0.29, 0.717) is 5.92 Å². The lowest BCUT2D eigenvalue weighted by Crippen LogP contribution is -2.04. The molecule has 0 spiro atoms. The predicted octanol–water partition coefficient (Wildman–Crippen LogP) is 3.79. The van der Waals surface area contributed by atoms with Crippen molar-refractivity contribution in [2.24, 2.45) is 5.92 Å². The third-order valence-corrected chi connectivity index (χ3v) is 2.98. The molecule has 0 amide bonds. The van der Waals surface area contributed by atoms with Crippen LogP contribution in [0.5, 0.6) is 0 Å². The number of fused-ring (bicyclic) bond motifs is 1. The van der Waals surface area contributed by atoms with Gasteiger partial charge < -0.3 is 0 Å². The molecule has 0 atom stereocenters. The summed E-state index contributed by atoms with van der Waals surface area (Å²) in [5, 5.41) is 0. The van der Waals surface area contributed by atoms with Crippen molar-refractivity contribution in [1.29, 1.82) is 0 Å². The first-order valence-corrected chi connectivity index (χ1v) is 6.02. The number of carbonyl (C=O) groups excluding carboxylic acids is 1. The molecule has 0 radical (unpaired) electrons. The molecule has 0 aromatic heterocycles. The Morgan fingerprint density at radius 1 is 1.19 bits per heavy atom. The molecule has 0 unspecified atom stereocenters. The molecular weight excluding hydrogens is 196 g/mol. The monoisotopic (exact) mass is 214 g/mol. The highest BCUT2D eigenvalue weighted by Crippen LogP contribution is 2.24. The molecule has 16 heavy (non-hydrogen) atoms. The van der Waals surface area contributed by atoms with Crippen LogP contribution in [0.4, 0.5) is 0 Å². The summed E-state index contributed by atoms with van der Waals surface area (Å²) >= 11 is 0. The lowest BCUT2D eigenvalue weighted by atomic mass is 9.98. The van der Waals surface area contributed by atoms with Gasteiger partial charge in [-0.25, -0.2) is 0 Å². The lowest BCUT2D eigenvalue weighted by Gasteiger charge is -2.05. The minimum absolute atomic E-state index is 0.238. The first-order chi connectivity index (χ1) is 7.68. The summed E-state index contributed by atoms with van der Waals surface area (Å²) in [6.07, 6.45) is 5.15. The van der Waals surface area contributed by atoms with Crippen LogP contribution in [-0.4, -0.2) is 5.78 Å². The smallest absolute Gasteiger partial charge is 0.188 e. The number of carbonyl (C=O) groups is 1. The van der Waals surface area contributed by atoms with Crippen LogP contribution in [0.1, 0.15) is 42.6 Å². The van der Waals surface area contributed by atoms with Crippen molar-refractivity contribution in [3.05, 3.63) is 47.0 Å². The first-order valence-electron chi connectivity index (χ1n) is 6.02. The van der Waals surface area contributed by atoms with Crippen molar-refractivity contribution in [2.45, 2.75) is 33.1 Å². The van der Waals surface area contributed by atoms with Crippen LogP contribution in [0.2, 0.25) is 0 Å². The Morgan fingerprint density at radius 3 is 2.69 bits per heavy atom. The number of aryl methyl sites for hydroxylation is 1. The number of hydrogen-bond acceptors (Lipinski definition) is 1. The van der Waals surface area contributed by atoms with E-state index in [1.165, 1.54) is 5.56 Å². The summed E-state index contributed by atoms with van der Waals surface area (Å²) in [4.78, 5) is 12.3. The van der Waals surface area contributed by atoms with E-state index in [-0.39, 0.29) is 5.78 Å². The molecule has 0 fully saturated rings. The first kappa shape index (κ1) is 11.1. The standard InChI is InChI=1S/C15H18O/c1-11(2)10-13-8-5-7-12-6-3-4-9-14(12)15(13)16/h3-4,6,9-11H,5,7-8H2,1-2H3/b13-10+. The predicted molar refractivity (Wildman–Crippen MR) is 66.6 cm³/mol. The number of hydrogen-bond donors (Lipinski definition) is 0. The fraction of sp³-hybridized carbons (Fsp3) is 0.400. The molecule has 0 saturated heterocycles. The Hall–Kier alpha value is -1.37. The molecule has 1 nitrogen and oxygen atoms in total. The quantitative estimate of drug-likeness (QED) is 0.513.